The second-order valence-corrected chi connectivity index (χ2v) is 4.91. The molecule has 0 spiro atoms. The summed E-state index contributed by atoms with van der Waals surface area (Å²) in [7, 11) is 0. The lowest BCUT2D eigenvalue weighted by atomic mass is 10.2. The van der Waals surface area contributed by atoms with Crippen molar-refractivity contribution in [2.45, 2.75) is 32.4 Å². The van der Waals surface area contributed by atoms with Crippen molar-refractivity contribution >= 4 is 11.6 Å². The van der Waals surface area contributed by atoms with Gasteiger partial charge in [0, 0.05) is 18.3 Å². The highest BCUT2D eigenvalue weighted by molar-refractivity contribution is 5.93. The van der Waals surface area contributed by atoms with Crippen molar-refractivity contribution in [1.29, 1.82) is 0 Å². The van der Waals surface area contributed by atoms with Crippen LogP contribution in [0.1, 0.15) is 35.2 Å². The topological polar surface area (TPSA) is 59.3 Å². The third kappa shape index (κ3) is 3.10. The van der Waals surface area contributed by atoms with Gasteiger partial charge in [-0.25, -0.2) is 9.50 Å². The van der Waals surface area contributed by atoms with E-state index in [9.17, 15) is 26.7 Å². The molecule has 0 saturated heterocycles. The number of fused-ring (bicyclic) bond motifs is 1. The number of aryl methyl sites for hydroxylation is 1. The fraction of sp³-hybridized carbons (Fsp3) is 0.462. The molecule has 0 unspecified atom stereocenters. The van der Waals surface area contributed by atoms with Gasteiger partial charge in [-0.1, -0.05) is 6.92 Å². The Morgan fingerprint density at radius 3 is 2.48 bits per heavy atom. The molecule has 0 bridgehead atoms. The van der Waals surface area contributed by atoms with Crippen molar-refractivity contribution in [1.82, 2.24) is 19.9 Å². The van der Waals surface area contributed by atoms with Crippen LogP contribution in [0.5, 0.6) is 0 Å². The van der Waals surface area contributed by atoms with Crippen LogP contribution < -0.4 is 5.32 Å². The zero-order chi connectivity index (χ0) is 17.4. The first kappa shape index (κ1) is 17.1. The van der Waals surface area contributed by atoms with Crippen molar-refractivity contribution < 1.29 is 26.7 Å². The standard InChI is InChI=1S/C13H13F5N4O/c1-3-4-19-11(23)8-6-10-20-7(2)5-9(22(10)21-8)12(14,15)13(16,17)18/h5-6H,3-4H2,1-2H3,(H,19,23). The molecule has 10 heteroatoms. The summed E-state index contributed by atoms with van der Waals surface area (Å²) in [5, 5.41) is 6.01. The smallest absolute Gasteiger partial charge is 0.351 e. The fourth-order valence-corrected chi connectivity index (χ4v) is 1.91. The van der Waals surface area contributed by atoms with E-state index in [0.717, 1.165) is 6.07 Å². The van der Waals surface area contributed by atoms with E-state index in [1.807, 2.05) is 0 Å². The third-order valence-electron chi connectivity index (χ3n) is 3.00. The Kier molecular flexibility index (Phi) is 4.27. The Labute approximate surface area is 127 Å². The first-order chi connectivity index (χ1) is 10.6. The van der Waals surface area contributed by atoms with Crippen LogP contribution >= 0.6 is 0 Å². The van der Waals surface area contributed by atoms with Crippen molar-refractivity contribution in [2.75, 3.05) is 6.54 Å². The van der Waals surface area contributed by atoms with Gasteiger partial charge in [0.15, 0.2) is 11.3 Å². The van der Waals surface area contributed by atoms with Crippen LogP contribution in [0.15, 0.2) is 12.1 Å². The van der Waals surface area contributed by atoms with Crippen molar-refractivity contribution in [3.8, 4) is 0 Å². The van der Waals surface area contributed by atoms with E-state index in [1.165, 1.54) is 6.92 Å². The third-order valence-corrected chi connectivity index (χ3v) is 3.00. The molecule has 0 aliphatic rings. The van der Waals surface area contributed by atoms with Crippen LogP contribution in [0.3, 0.4) is 0 Å². The summed E-state index contributed by atoms with van der Waals surface area (Å²) in [4.78, 5) is 15.6. The number of hydrogen-bond donors (Lipinski definition) is 1. The van der Waals surface area contributed by atoms with Crippen LogP contribution in [0, 0.1) is 6.92 Å². The Balaban J connectivity index is 2.59. The molecule has 0 aliphatic carbocycles. The summed E-state index contributed by atoms with van der Waals surface area (Å²) >= 11 is 0. The van der Waals surface area contributed by atoms with Gasteiger partial charge in [-0.3, -0.25) is 4.79 Å². The minimum atomic E-state index is -5.79. The van der Waals surface area contributed by atoms with Gasteiger partial charge in [-0.15, -0.1) is 0 Å². The summed E-state index contributed by atoms with van der Waals surface area (Å²) in [6.45, 7) is 3.40. The van der Waals surface area contributed by atoms with Crippen LogP contribution in [-0.4, -0.2) is 33.2 Å². The lowest BCUT2D eigenvalue weighted by Gasteiger charge is -2.20. The molecule has 0 aliphatic heterocycles. The number of halogens is 5. The largest absolute Gasteiger partial charge is 0.459 e. The average molecular weight is 336 g/mol. The molecule has 1 N–H and O–H groups in total. The molecule has 2 aromatic heterocycles. The lowest BCUT2D eigenvalue weighted by molar-refractivity contribution is -0.291. The van der Waals surface area contributed by atoms with Gasteiger partial charge in [0.05, 0.1) is 0 Å². The number of carbonyl (C=O) groups excluding carboxylic acids is 1. The number of nitrogens with zero attached hydrogens (tertiary/aromatic N) is 3. The molecule has 23 heavy (non-hydrogen) atoms. The molecule has 1 amide bonds. The van der Waals surface area contributed by atoms with Gasteiger partial charge in [0.25, 0.3) is 5.91 Å². The van der Waals surface area contributed by atoms with E-state index < -0.39 is 23.7 Å². The first-order valence-corrected chi connectivity index (χ1v) is 6.68. The van der Waals surface area contributed by atoms with E-state index in [2.05, 4.69) is 15.4 Å². The maximum atomic E-state index is 13.7. The Morgan fingerprint density at radius 2 is 1.91 bits per heavy atom. The number of hydrogen-bond acceptors (Lipinski definition) is 3. The lowest BCUT2D eigenvalue weighted by Crippen LogP contribution is -2.36. The van der Waals surface area contributed by atoms with E-state index in [1.54, 1.807) is 6.92 Å². The molecule has 2 rings (SSSR count). The summed E-state index contributed by atoms with van der Waals surface area (Å²) < 4.78 is 65.6. The zero-order valence-corrected chi connectivity index (χ0v) is 12.2. The SMILES string of the molecule is CCCNC(=O)c1cc2nc(C)cc(C(F)(F)C(F)(F)F)n2n1. The maximum absolute atomic E-state index is 13.7. The van der Waals surface area contributed by atoms with Gasteiger partial charge in [0.2, 0.25) is 0 Å². The molecule has 0 fully saturated rings. The van der Waals surface area contributed by atoms with Crippen LogP contribution in [0.25, 0.3) is 5.65 Å². The highest BCUT2D eigenvalue weighted by atomic mass is 19.4. The summed E-state index contributed by atoms with van der Waals surface area (Å²) in [6.07, 6.45) is -5.15. The Hall–Kier alpha value is -2.26. The molecule has 0 aromatic carbocycles. The zero-order valence-electron chi connectivity index (χ0n) is 12.2. The van der Waals surface area contributed by atoms with E-state index in [4.69, 9.17) is 0 Å². The van der Waals surface area contributed by atoms with Crippen molar-refractivity contribution in [2.24, 2.45) is 0 Å². The molecular formula is C13H13F5N4O. The number of rotatable bonds is 4. The number of nitrogens with one attached hydrogen (secondary N) is 1. The predicted molar refractivity (Wildman–Crippen MR) is 70.3 cm³/mol. The Morgan fingerprint density at radius 1 is 1.26 bits per heavy atom. The summed E-state index contributed by atoms with van der Waals surface area (Å²) in [6, 6.07) is 1.66. The fourth-order valence-electron chi connectivity index (χ4n) is 1.91. The molecule has 126 valence electrons. The molecule has 5 nitrogen and oxygen atoms in total. The molecule has 2 heterocycles. The average Bonchev–Trinajstić information content (AvgIpc) is 2.86. The van der Waals surface area contributed by atoms with E-state index in [0.29, 0.717) is 23.5 Å². The minimum absolute atomic E-state index is 0.0446. The molecule has 2 aromatic rings. The highest BCUT2D eigenvalue weighted by Gasteiger charge is 2.60. The predicted octanol–water partition coefficient (Wildman–Crippen LogP) is 2.83. The Bertz CT molecular complexity index is 738. The first-order valence-electron chi connectivity index (χ1n) is 6.68. The number of alkyl halides is 5. The van der Waals surface area contributed by atoms with Gasteiger partial charge >= 0.3 is 12.1 Å². The number of carbonyl (C=O) groups is 1. The second kappa shape index (κ2) is 5.74. The molecule has 0 saturated carbocycles. The van der Waals surface area contributed by atoms with Gasteiger partial charge in [-0.2, -0.15) is 27.1 Å². The number of aromatic nitrogens is 3. The molecule has 0 radical (unpaired) electrons. The monoisotopic (exact) mass is 336 g/mol. The molecule has 0 atom stereocenters. The van der Waals surface area contributed by atoms with Gasteiger partial charge < -0.3 is 5.32 Å². The van der Waals surface area contributed by atoms with E-state index in [-0.39, 0.29) is 17.0 Å². The highest BCUT2D eigenvalue weighted by Crippen LogP contribution is 2.43. The number of amides is 1. The van der Waals surface area contributed by atoms with Gasteiger partial charge in [-0.05, 0) is 19.4 Å². The van der Waals surface area contributed by atoms with E-state index >= 15 is 0 Å². The van der Waals surface area contributed by atoms with Crippen LogP contribution in [0.2, 0.25) is 0 Å². The molecular weight excluding hydrogens is 323 g/mol. The quantitative estimate of drug-likeness (QED) is 0.874. The minimum Gasteiger partial charge on any atom is -0.351 e. The second-order valence-electron chi connectivity index (χ2n) is 4.91. The maximum Gasteiger partial charge on any atom is 0.459 e. The van der Waals surface area contributed by atoms with Crippen molar-refractivity contribution in [3.05, 3.63) is 29.2 Å². The van der Waals surface area contributed by atoms with Crippen LogP contribution in [0.4, 0.5) is 22.0 Å². The normalized spacial score (nSPS) is 12.7. The summed E-state index contributed by atoms with van der Waals surface area (Å²) in [5.74, 6) is -5.79. The van der Waals surface area contributed by atoms with Crippen LogP contribution in [-0.2, 0) is 5.92 Å². The van der Waals surface area contributed by atoms with Crippen molar-refractivity contribution in [3.63, 3.8) is 0 Å². The van der Waals surface area contributed by atoms with Gasteiger partial charge in [0.1, 0.15) is 5.69 Å². The summed E-state index contributed by atoms with van der Waals surface area (Å²) in [5.41, 5.74) is -1.97.